The Morgan fingerprint density at radius 3 is 2.33 bits per heavy atom. The Hall–Kier alpha value is -1.54. The van der Waals surface area contributed by atoms with Crippen LogP contribution >= 0.6 is 0 Å². The topological polar surface area (TPSA) is 35.2 Å². The molecule has 0 aliphatic carbocycles. The molecule has 0 saturated carbocycles. The van der Waals surface area contributed by atoms with Gasteiger partial charge in [-0.05, 0) is 46.8 Å². The van der Waals surface area contributed by atoms with E-state index >= 15 is 0 Å². The van der Waals surface area contributed by atoms with Crippen molar-refractivity contribution in [3.8, 4) is 5.75 Å². The van der Waals surface area contributed by atoms with E-state index in [9.17, 15) is 0 Å². The van der Waals surface area contributed by atoms with Gasteiger partial charge in [-0.15, -0.1) is 0 Å². The first-order valence-corrected chi connectivity index (χ1v) is 6.43. The molecular formula is C16H21NO. The highest BCUT2D eigenvalue weighted by atomic mass is 16.5. The number of hydrogen-bond donors (Lipinski definition) is 1. The summed E-state index contributed by atoms with van der Waals surface area (Å²) in [5.74, 6) is 1.89. The van der Waals surface area contributed by atoms with E-state index < -0.39 is 0 Å². The van der Waals surface area contributed by atoms with Crippen molar-refractivity contribution in [2.24, 2.45) is 11.7 Å². The first-order chi connectivity index (χ1) is 8.65. The molecule has 0 saturated heterocycles. The van der Waals surface area contributed by atoms with Gasteiger partial charge in [0, 0.05) is 0 Å². The second-order valence-electron chi connectivity index (χ2n) is 5.06. The third-order valence-electron chi connectivity index (χ3n) is 3.56. The molecular weight excluding hydrogens is 222 g/mol. The van der Waals surface area contributed by atoms with Gasteiger partial charge in [0.25, 0.3) is 0 Å². The number of ether oxygens (including phenoxy) is 1. The third-order valence-corrected chi connectivity index (χ3v) is 3.56. The quantitative estimate of drug-likeness (QED) is 0.891. The number of hydrogen-bond acceptors (Lipinski definition) is 2. The van der Waals surface area contributed by atoms with E-state index in [1.807, 2.05) is 6.07 Å². The predicted octanol–water partition coefficient (Wildman–Crippen LogP) is 3.55. The summed E-state index contributed by atoms with van der Waals surface area (Å²) in [4.78, 5) is 0. The molecule has 96 valence electrons. The highest BCUT2D eigenvalue weighted by molar-refractivity contribution is 5.84. The fourth-order valence-electron chi connectivity index (χ4n) is 2.39. The Morgan fingerprint density at radius 1 is 1.06 bits per heavy atom. The van der Waals surface area contributed by atoms with E-state index in [4.69, 9.17) is 10.5 Å². The molecule has 0 bridgehead atoms. The van der Waals surface area contributed by atoms with Gasteiger partial charge in [0.05, 0.1) is 7.11 Å². The maximum absolute atomic E-state index is 5.88. The Labute approximate surface area is 109 Å². The van der Waals surface area contributed by atoms with Gasteiger partial charge in [-0.3, -0.25) is 0 Å². The molecule has 2 rings (SSSR count). The van der Waals surface area contributed by atoms with Gasteiger partial charge < -0.3 is 10.5 Å². The summed E-state index contributed by atoms with van der Waals surface area (Å²) in [5.41, 5.74) is 7.20. The van der Waals surface area contributed by atoms with Crippen LogP contribution < -0.4 is 10.5 Å². The summed E-state index contributed by atoms with van der Waals surface area (Å²) in [7, 11) is 1.69. The molecule has 0 aliphatic heterocycles. The maximum atomic E-state index is 5.88. The number of methoxy groups -OCH3 is 1. The number of benzene rings is 2. The summed E-state index contributed by atoms with van der Waals surface area (Å²) in [5, 5.41) is 2.45. The molecule has 0 heterocycles. The number of fused-ring (bicyclic) bond motifs is 1. The maximum Gasteiger partial charge on any atom is 0.119 e. The lowest BCUT2D eigenvalue weighted by molar-refractivity contribution is 0.415. The van der Waals surface area contributed by atoms with Crippen molar-refractivity contribution >= 4 is 10.8 Å². The molecule has 1 atom stereocenters. The number of nitrogens with two attached hydrogens (primary N) is 1. The fourth-order valence-corrected chi connectivity index (χ4v) is 2.39. The average molecular weight is 243 g/mol. The van der Waals surface area contributed by atoms with Crippen LogP contribution in [0.2, 0.25) is 0 Å². The van der Waals surface area contributed by atoms with Crippen molar-refractivity contribution in [3.05, 3.63) is 42.0 Å². The van der Waals surface area contributed by atoms with E-state index in [0.717, 1.165) is 5.75 Å². The lowest BCUT2D eigenvalue weighted by atomic mass is 9.87. The molecule has 1 unspecified atom stereocenters. The molecule has 0 aromatic heterocycles. The normalized spacial score (nSPS) is 12.9. The lowest BCUT2D eigenvalue weighted by Crippen LogP contribution is -2.17. The zero-order chi connectivity index (χ0) is 13.1. The second kappa shape index (κ2) is 5.40. The minimum atomic E-state index is 0.427. The Kier molecular flexibility index (Phi) is 3.87. The summed E-state index contributed by atoms with van der Waals surface area (Å²) in [6, 6.07) is 12.7. The molecule has 2 aromatic carbocycles. The summed E-state index contributed by atoms with van der Waals surface area (Å²) >= 11 is 0. The molecule has 2 aromatic rings. The van der Waals surface area contributed by atoms with Crippen LogP contribution in [0.15, 0.2) is 36.4 Å². The molecule has 0 fully saturated rings. The van der Waals surface area contributed by atoms with E-state index in [1.165, 1.54) is 16.3 Å². The van der Waals surface area contributed by atoms with E-state index in [0.29, 0.717) is 18.4 Å². The van der Waals surface area contributed by atoms with Crippen LogP contribution in [-0.4, -0.2) is 13.7 Å². The monoisotopic (exact) mass is 243 g/mol. The average Bonchev–Trinajstić information content (AvgIpc) is 2.38. The Morgan fingerprint density at radius 2 is 1.72 bits per heavy atom. The van der Waals surface area contributed by atoms with Crippen LogP contribution in [0.3, 0.4) is 0 Å². The molecule has 0 spiro atoms. The van der Waals surface area contributed by atoms with Crippen molar-refractivity contribution in [1.82, 2.24) is 0 Å². The van der Waals surface area contributed by atoms with Crippen LogP contribution in [0, 0.1) is 5.92 Å². The zero-order valence-corrected chi connectivity index (χ0v) is 11.3. The smallest absolute Gasteiger partial charge is 0.119 e. The molecule has 2 heteroatoms. The Bertz CT molecular complexity index is 534. The van der Waals surface area contributed by atoms with Crippen LogP contribution in [0.1, 0.15) is 25.3 Å². The van der Waals surface area contributed by atoms with Gasteiger partial charge in [0.1, 0.15) is 5.75 Å². The van der Waals surface area contributed by atoms with Crippen molar-refractivity contribution in [1.29, 1.82) is 0 Å². The van der Waals surface area contributed by atoms with E-state index in [1.54, 1.807) is 7.11 Å². The number of rotatable bonds is 4. The van der Waals surface area contributed by atoms with E-state index in [2.05, 4.69) is 44.2 Å². The summed E-state index contributed by atoms with van der Waals surface area (Å²) in [6.07, 6.45) is 0. The van der Waals surface area contributed by atoms with Crippen LogP contribution in [0.25, 0.3) is 10.8 Å². The minimum absolute atomic E-state index is 0.427. The van der Waals surface area contributed by atoms with E-state index in [-0.39, 0.29) is 0 Å². The van der Waals surface area contributed by atoms with Crippen LogP contribution in [0.5, 0.6) is 5.75 Å². The van der Waals surface area contributed by atoms with Gasteiger partial charge >= 0.3 is 0 Å². The van der Waals surface area contributed by atoms with Gasteiger partial charge in [-0.1, -0.05) is 38.1 Å². The molecule has 0 radical (unpaired) electrons. The standard InChI is InChI=1S/C16H21NO/c1-11(2)16(10-17)14-5-4-13-9-15(18-3)7-6-12(13)8-14/h4-9,11,16H,10,17H2,1-3H3. The van der Waals surface area contributed by atoms with Gasteiger partial charge in [0.2, 0.25) is 0 Å². The highest BCUT2D eigenvalue weighted by Gasteiger charge is 2.14. The largest absolute Gasteiger partial charge is 0.497 e. The van der Waals surface area contributed by atoms with Crippen molar-refractivity contribution in [2.75, 3.05) is 13.7 Å². The molecule has 0 amide bonds. The third kappa shape index (κ3) is 2.49. The minimum Gasteiger partial charge on any atom is -0.497 e. The van der Waals surface area contributed by atoms with Crippen LogP contribution in [-0.2, 0) is 0 Å². The van der Waals surface area contributed by atoms with Gasteiger partial charge in [0.15, 0.2) is 0 Å². The molecule has 18 heavy (non-hydrogen) atoms. The summed E-state index contributed by atoms with van der Waals surface area (Å²) < 4.78 is 5.24. The highest BCUT2D eigenvalue weighted by Crippen LogP contribution is 2.28. The van der Waals surface area contributed by atoms with Crippen molar-refractivity contribution in [2.45, 2.75) is 19.8 Å². The lowest BCUT2D eigenvalue weighted by Gasteiger charge is -2.19. The molecule has 2 N–H and O–H groups in total. The van der Waals surface area contributed by atoms with Crippen LogP contribution in [0.4, 0.5) is 0 Å². The van der Waals surface area contributed by atoms with Crippen molar-refractivity contribution < 1.29 is 4.74 Å². The fraction of sp³-hybridized carbons (Fsp3) is 0.375. The SMILES string of the molecule is COc1ccc2cc(C(CN)C(C)C)ccc2c1. The summed E-state index contributed by atoms with van der Waals surface area (Å²) in [6.45, 7) is 5.13. The second-order valence-corrected chi connectivity index (χ2v) is 5.06. The molecule has 0 aliphatic rings. The zero-order valence-electron chi connectivity index (χ0n) is 11.3. The predicted molar refractivity (Wildman–Crippen MR) is 77.1 cm³/mol. The first-order valence-electron chi connectivity index (χ1n) is 6.43. The van der Waals surface area contributed by atoms with Gasteiger partial charge in [-0.25, -0.2) is 0 Å². The first kappa shape index (κ1) is 12.9. The van der Waals surface area contributed by atoms with Crippen molar-refractivity contribution in [3.63, 3.8) is 0 Å². The van der Waals surface area contributed by atoms with Gasteiger partial charge in [-0.2, -0.15) is 0 Å². The molecule has 2 nitrogen and oxygen atoms in total. The Balaban J connectivity index is 2.44.